The van der Waals surface area contributed by atoms with E-state index in [2.05, 4.69) is 0 Å². The predicted molar refractivity (Wildman–Crippen MR) is 126 cm³/mol. The maximum absolute atomic E-state index is 12.7. The van der Waals surface area contributed by atoms with Crippen LogP contribution in [0.1, 0.15) is 37.3 Å². The Bertz CT molecular complexity index is 1120. The van der Waals surface area contributed by atoms with Crippen LogP contribution < -0.4 is 10.4 Å². The number of fused-ring (bicyclic) bond motifs is 1. The molecule has 1 fully saturated rings. The van der Waals surface area contributed by atoms with Crippen molar-refractivity contribution in [3.8, 4) is 5.75 Å². The zero-order valence-electron chi connectivity index (χ0n) is 20.2. The zero-order chi connectivity index (χ0) is 24.8. The number of amides is 2. The molecule has 0 saturated carbocycles. The summed E-state index contributed by atoms with van der Waals surface area (Å²) >= 11 is 0. The summed E-state index contributed by atoms with van der Waals surface area (Å²) in [5, 5.41) is 0.785. The highest BCUT2D eigenvalue weighted by molar-refractivity contribution is 5.86. The number of piperidine rings is 1. The summed E-state index contributed by atoms with van der Waals surface area (Å²) in [6.45, 7) is 4.67. The quantitative estimate of drug-likeness (QED) is 0.429. The van der Waals surface area contributed by atoms with Crippen LogP contribution in [0.5, 0.6) is 5.75 Å². The second-order valence-electron chi connectivity index (χ2n) is 8.54. The number of nitrogens with zero attached hydrogens (tertiary/aromatic N) is 2. The first kappa shape index (κ1) is 25.3. The van der Waals surface area contributed by atoms with E-state index in [1.54, 1.807) is 31.0 Å². The number of esters is 1. The lowest BCUT2D eigenvalue weighted by Crippen LogP contribution is -2.47. The molecule has 184 valence electrons. The molecule has 1 unspecified atom stereocenters. The molecule has 0 radical (unpaired) electrons. The molecule has 0 spiro atoms. The summed E-state index contributed by atoms with van der Waals surface area (Å²) in [5.41, 5.74) is 1.16. The van der Waals surface area contributed by atoms with Gasteiger partial charge in [-0.15, -0.1) is 0 Å². The normalized spacial score (nSPS) is 15.8. The Morgan fingerprint density at radius 2 is 2.03 bits per heavy atom. The minimum atomic E-state index is -0.483. The first-order chi connectivity index (χ1) is 16.2. The summed E-state index contributed by atoms with van der Waals surface area (Å²) in [6.07, 6.45) is 1.69. The van der Waals surface area contributed by atoms with Crippen molar-refractivity contribution in [2.45, 2.75) is 39.5 Å². The summed E-state index contributed by atoms with van der Waals surface area (Å²) in [4.78, 5) is 52.9. The number of rotatable bonds is 8. The molecule has 2 heterocycles. The fraction of sp³-hybridized carbons (Fsp3) is 0.520. The van der Waals surface area contributed by atoms with Gasteiger partial charge in [0.25, 0.3) is 0 Å². The van der Waals surface area contributed by atoms with E-state index in [4.69, 9.17) is 13.9 Å². The summed E-state index contributed by atoms with van der Waals surface area (Å²) in [7, 11) is 3.10. The molecule has 2 amide bonds. The Labute approximate surface area is 198 Å². The summed E-state index contributed by atoms with van der Waals surface area (Å²) in [6, 6.07) is 5.27. The molecular formula is C25H32N2O7. The Morgan fingerprint density at radius 3 is 2.74 bits per heavy atom. The third-order valence-electron chi connectivity index (χ3n) is 6.28. The van der Waals surface area contributed by atoms with Crippen molar-refractivity contribution in [2.75, 3.05) is 40.4 Å². The summed E-state index contributed by atoms with van der Waals surface area (Å²) < 4.78 is 15.7. The molecule has 34 heavy (non-hydrogen) atoms. The van der Waals surface area contributed by atoms with Crippen LogP contribution in [0.15, 0.2) is 27.4 Å². The fourth-order valence-corrected chi connectivity index (χ4v) is 4.26. The first-order valence-electron chi connectivity index (χ1n) is 11.5. The minimum Gasteiger partial charge on any atom is -0.497 e. The van der Waals surface area contributed by atoms with Crippen LogP contribution in [-0.4, -0.2) is 68.0 Å². The van der Waals surface area contributed by atoms with Gasteiger partial charge in [-0.2, -0.15) is 0 Å². The van der Waals surface area contributed by atoms with Gasteiger partial charge < -0.3 is 23.7 Å². The number of benzene rings is 1. The Kier molecular flexibility index (Phi) is 8.31. The molecule has 9 nitrogen and oxygen atoms in total. The Morgan fingerprint density at radius 1 is 1.26 bits per heavy atom. The highest BCUT2D eigenvalue weighted by atomic mass is 16.5. The molecule has 1 saturated heterocycles. The van der Waals surface area contributed by atoms with Crippen LogP contribution in [0.2, 0.25) is 0 Å². The van der Waals surface area contributed by atoms with Gasteiger partial charge in [-0.05, 0) is 50.8 Å². The minimum absolute atomic E-state index is 0.0719. The highest BCUT2D eigenvalue weighted by Crippen LogP contribution is 2.24. The molecule has 2 aromatic rings. The van der Waals surface area contributed by atoms with Gasteiger partial charge in [-0.3, -0.25) is 14.4 Å². The van der Waals surface area contributed by atoms with Gasteiger partial charge in [-0.25, -0.2) is 4.79 Å². The van der Waals surface area contributed by atoms with Crippen molar-refractivity contribution in [1.29, 1.82) is 0 Å². The molecule has 1 aromatic heterocycles. The second kappa shape index (κ2) is 11.2. The van der Waals surface area contributed by atoms with Gasteiger partial charge in [0, 0.05) is 43.6 Å². The maximum atomic E-state index is 12.7. The topological polar surface area (TPSA) is 106 Å². The van der Waals surface area contributed by atoms with Gasteiger partial charge >= 0.3 is 11.6 Å². The van der Waals surface area contributed by atoms with Crippen LogP contribution in [0.3, 0.4) is 0 Å². The van der Waals surface area contributed by atoms with E-state index in [9.17, 15) is 19.2 Å². The molecular weight excluding hydrogens is 440 g/mol. The molecule has 3 rings (SSSR count). The number of carbonyl (C=O) groups excluding carboxylic acids is 3. The fourth-order valence-electron chi connectivity index (χ4n) is 4.26. The lowest BCUT2D eigenvalue weighted by molar-refractivity contribution is -0.152. The predicted octanol–water partition coefficient (Wildman–Crippen LogP) is 2.30. The van der Waals surface area contributed by atoms with Gasteiger partial charge in [0.2, 0.25) is 11.8 Å². The van der Waals surface area contributed by atoms with Crippen LogP contribution in [0.25, 0.3) is 11.0 Å². The number of aryl methyl sites for hydroxylation is 1. The first-order valence-corrected chi connectivity index (χ1v) is 11.5. The van der Waals surface area contributed by atoms with E-state index in [0.29, 0.717) is 43.0 Å². The third kappa shape index (κ3) is 5.76. The molecule has 9 heteroatoms. The van der Waals surface area contributed by atoms with Gasteiger partial charge in [0.05, 0.1) is 26.2 Å². The summed E-state index contributed by atoms with van der Waals surface area (Å²) in [5.74, 6) is -0.478. The lowest BCUT2D eigenvalue weighted by atomic mass is 9.98. The average molecular weight is 473 g/mol. The van der Waals surface area contributed by atoms with Gasteiger partial charge in [0.15, 0.2) is 0 Å². The van der Waals surface area contributed by atoms with Crippen molar-refractivity contribution >= 4 is 28.8 Å². The number of carbonyl (C=O) groups is 3. The van der Waals surface area contributed by atoms with Crippen molar-refractivity contribution in [1.82, 2.24) is 9.80 Å². The molecule has 1 aromatic carbocycles. The Hall–Kier alpha value is -3.36. The van der Waals surface area contributed by atoms with Crippen LogP contribution in [0, 0.1) is 12.8 Å². The van der Waals surface area contributed by atoms with E-state index in [1.165, 1.54) is 12.0 Å². The van der Waals surface area contributed by atoms with Crippen molar-refractivity contribution in [3.05, 3.63) is 39.7 Å². The molecule has 1 atom stereocenters. The van der Waals surface area contributed by atoms with E-state index in [0.717, 1.165) is 17.4 Å². The molecule has 0 bridgehead atoms. The number of likely N-dealkylation sites (N-methyl/N-ethyl adjacent to an activating group) is 1. The van der Waals surface area contributed by atoms with Crippen molar-refractivity contribution in [2.24, 2.45) is 5.92 Å². The van der Waals surface area contributed by atoms with E-state index in [-0.39, 0.29) is 43.1 Å². The number of hydrogen-bond acceptors (Lipinski definition) is 7. The lowest BCUT2D eigenvalue weighted by Gasteiger charge is -2.32. The SMILES string of the molecule is CCOC(=O)C1CCCN(C(=O)CN(C)C(=O)CCc2c(C)c3ccc(OC)cc3oc2=O)C1. The maximum Gasteiger partial charge on any atom is 0.339 e. The second-order valence-corrected chi connectivity index (χ2v) is 8.54. The molecule has 1 aliphatic rings. The van der Waals surface area contributed by atoms with Gasteiger partial charge in [0.1, 0.15) is 11.3 Å². The zero-order valence-corrected chi connectivity index (χ0v) is 20.2. The number of methoxy groups -OCH3 is 1. The van der Waals surface area contributed by atoms with Gasteiger partial charge in [-0.1, -0.05) is 0 Å². The smallest absolute Gasteiger partial charge is 0.339 e. The Balaban J connectivity index is 1.59. The standard InChI is InChI=1S/C25H32N2O7/c1-5-33-24(30)17-7-6-12-27(14-17)23(29)15-26(3)22(28)11-10-20-16(2)19-9-8-18(32-4)13-21(19)34-25(20)31/h8-9,13,17H,5-7,10-12,14-15H2,1-4H3. The van der Waals surface area contributed by atoms with E-state index < -0.39 is 5.63 Å². The largest absolute Gasteiger partial charge is 0.497 e. The van der Waals surface area contributed by atoms with E-state index >= 15 is 0 Å². The van der Waals surface area contributed by atoms with Crippen molar-refractivity contribution < 1.29 is 28.3 Å². The molecule has 0 aliphatic carbocycles. The number of ether oxygens (including phenoxy) is 2. The van der Waals surface area contributed by atoms with Crippen molar-refractivity contribution in [3.63, 3.8) is 0 Å². The molecule has 1 aliphatic heterocycles. The average Bonchev–Trinajstić information content (AvgIpc) is 2.83. The van der Waals surface area contributed by atoms with E-state index in [1.807, 2.05) is 13.0 Å². The number of hydrogen-bond donors (Lipinski definition) is 0. The number of likely N-dealkylation sites (tertiary alicyclic amines) is 1. The van der Waals surface area contributed by atoms with Crippen LogP contribution in [-0.2, 0) is 25.5 Å². The molecule has 0 N–H and O–H groups in total. The van der Waals surface area contributed by atoms with Crippen LogP contribution >= 0.6 is 0 Å². The highest BCUT2D eigenvalue weighted by Gasteiger charge is 2.30. The van der Waals surface area contributed by atoms with Crippen LogP contribution in [0.4, 0.5) is 0 Å². The monoisotopic (exact) mass is 472 g/mol. The third-order valence-corrected chi connectivity index (χ3v) is 6.28.